The Balaban J connectivity index is 2.07. The third kappa shape index (κ3) is 3.24. The first-order valence-electron chi connectivity index (χ1n) is 7.09. The fourth-order valence-corrected chi connectivity index (χ4v) is 2.61. The number of rotatable bonds is 3. The molecule has 1 heterocycles. The van der Waals surface area contributed by atoms with Gasteiger partial charge in [-0.3, -0.25) is 4.79 Å². The molecule has 2 aromatic rings. The molecule has 0 aliphatic carbocycles. The monoisotopic (exact) mass is 329 g/mol. The molecule has 5 nitrogen and oxygen atoms in total. The molecule has 116 valence electrons. The molecule has 0 fully saturated rings. The van der Waals surface area contributed by atoms with Crippen molar-refractivity contribution in [2.75, 3.05) is 0 Å². The standard InChI is InChI=1S/C17H13ClN2O3/c18-13-5-1-11(2-6-13)15-9-10-16(21)19-20(15)14-7-3-12(4-8-14)17(22)23/h1-8H,9-10H2,(H-,19,21,22,23)/p+1. The van der Waals surface area contributed by atoms with Gasteiger partial charge in [-0.15, -0.1) is 5.43 Å². The lowest BCUT2D eigenvalue weighted by Crippen LogP contribution is -2.40. The molecule has 23 heavy (non-hydrogen) atoms. The molecule has 1 aliphatic heterocycles. The maximum Gasteiger partial charge on any atom is 0.335 e. The van der Waals surface area contributed by atoms with Crippen LogP contribution in [0.15, 0.2) is 48.5 Å². The zero-order valence-corrected chi connectivity index (χ0v) is 12.9. The van der Waals surface area contributed by atoms with Crippen molar-refractivity contribution in [2.45, 2.75) is 12.8 Å². The molecular weight excluding hydrogens is 316 g/mol. The van der Waals surface area contributed by atoms with Crippen molar-refractivity contribution in [3.05, 3.63) is 64.7 Å². The Hall–Kier alpha value is -2.66. The molecule has 0 aromatic heterocycles. The quantitative estimate of drug-likeness (QED) is 0.850. The van der Waals surface area contributed by atoms with Crippen LogP contribution in [0, 0.1) is 0 Å². The highest BCUT2D eigenvalue weighted by molar-refractivity contribution is 6.30. The van der Waals surface area contributed by atoms with Crippen LogP contribution in [-0.4, -0.2) is 27.4 Å². The SMILES string of the molecule is O=C1CCC(c2ccc(Cl)cc2)=[N+](c2ccc(C(=O)O)cc2)N1. The summed E-state index contributed by atoms with van der Waals surface area (Å²) in [5, 5.41) is 9.63. The predicted octanol–water partition coefficient (Wildman–Crippen LogP) is 3.00. The number of hydrogen-bond acceptors (Lipinski definition) is 2. The van der Waals surface area contributed by atoms with Crippen molar-refractivity contribution in [1.82, 2.24) is 5.43 Å². The first-order valence-corrected chi connectivity index (χ1v) is 7.47. The Labute approximate surface area is 137 Å². The van der Waals surface area contributed by atoms with Crippen LogP contribution in [0.3, 0.4) is 0 Å². The highest BCUT2D eigenvalue weighted by Crippen LogP contribution is 2.20. The van der Waals surface area contributed by atoms with E-state index in [4.69, 9.17) is 16.7 Å². The molecule has 3 rings (SSSR count). The molecule has 0 bridgehead atoms. The summed E-state index contributed by atoms with van der Waals surface area (Å²) >= 11 is 5.93. The summed E-state index contributed by atoms with van der Waals surface area (Å²) in [5.74, 6) is -1.06. The van der Waals surface area contributed by atoms with Gasteiger partial charge in [-0.1, -0.05) is 16.3 Å². The number of carbonyl (C=O) groups excluding carboxylic acids is 1. The molecule has 0 unspecified atom stereocenters. The summed E-state index contributed by atoms with van der Waals surface area (Å²) in [7, 11) is 0. The van der Waals surface area contributed by atoms with Crippen LogP contribution in [0.4, 0.5) is 5.69 Å². The average molecular weight is 330 g/mol. The maximum absolute atomic E-state index is 11.8. The number of hydrazone groups is 1. The Bertz CT molecular complexity index is 796. The van der Waals surface area contributed by atoms with Crippen molar-refractivity contribution in [2.24, 2.45) is 0 Å². The van der Waals surface area contributed by atoms with Crippen LogP contribution in [0.1, 0.15) is 28.8 Å². The van der Waals surface area contributed by atoms with Crippen molar-refractivity contribution in [3.8, 4) is 0 Å². The Morgan fingerprint density at radius 3 is 2.30 bits per heavy atom. The molecule has 0 saturated heterocycles. The number of hydrazine groups is 1. The summed E-state index contributed by atoms with van der Waals surface area (Å²) < 4.78 is 1.70. The first kappa shape index (κ1) is 15.2. The van der Waals surface area contributed by atoms with Crippen molar-refractivity contribution in [3.63, 3.8) is 0 Å². The summed E-state index contributed by atoms with van der Waals surface area (Å²) in [6.45, 7) is 0. The summed E-state index contributed by atoms with van der Waals surface area (Å²) in [4.78, 5) is 22.7. The Morgan fingerprint density at radius 1 is 1.04 bits per heavy atom. The zero-order valence-electron chi connectivity index (χ0n) is 12.1. The number of amides is 1. The lowest BCUT2D eigenvalue weighted by Gasteiger charge is -2.14. The maximum atomic E-state index is 11.8. The summed E-state index contributed by atoms with van der Waals surface area (Å²) in [6.07, 6.45) is 0.996. The molecule has 6 heteroatoms. The van der Waals surface area contributed by atoms with Crippen LogP contribution in [0.25, 0.3) is 0 Å². The summed E-state index contributed by atoms with van der Waals surface area (Å²) in [6, 6.07) is 13.8. The van der Waals surface area contributed by atoms with Gasteiger partial charge in [0.25, 0.3) is 5.91 Å². The fraction of sp³-hybridized carbons (Fsp3) is 0.118. The van der Waals surface area contributed by atoms with Crippen LogP contribution in [0.2, 0.25) is 5.02 Å². The lowest BCUT2D eigenvalue weighted by atomic mass is 10.0. The van der Waals surface area contributed by atoms with Crippen molar-refractivity contribution < 1.29 is 19.4 Å². The molecule has 0 saturated carbocycles. The molecular formula is C17H14ClN2O3+. The zero-order chi connectivity index (χ0) is 16.4. The number of aromatic carboxylic acids is 1. The van der Waals surface area contributed by atoms with E-state index >= 15 is 0 Å². The average Bonchev–Trinajstić information content (AvgIpc) is 2.56. The largest absolute Gasteiger partial charge is 0.478 e. The molecule has 2 aromatic carbocycles. The number of carboxylic acid groups (broad SMARTS) is 1. The second-order valence-corrected chi connectivity index (χ2v) is 5.61. The minimum absolute atomic E-state index is 0.0787. The highest BCUT2D eigenvalue weighted by Gasteiger charge is 2.28. The third-order valence-corrected chi connectivity index (χ3v) is 3.90. The number of benzene rings is 2. The lowest BCUT2D eigenvalue weighted by molar-refractivity contribution is -0.496. The molecule has 1 amide bonds. The number of nitrogens with one attached hydrogen (secondary N) is 1. The minimum atomic E-state index is -0.985. The molecule has 0 spiro atoms. The van der Waals surface area contributed by atoms with Crippen molar-refractivity contribution >= 4 is 34.9 Å². The molecule has 2 N–H and O–H groups in total. The van der Waals surface area contributed by atoms with E-state index in [9.17, 15) is 9.59 Å². The predicted molar refractivity (Wildman–Crippen MR) is 86.3 cm³/mol. The minimum Gasteiger partial charge on any atom is -0.478 e. The van der Waals surface area contributed by atoms with E-state index in [0.717, 1.165) is 11.3 Å². The number of carboxylic acids is 1. The van der Waals surface area contributed by atoms with Gasteiger partial charge in [0.1, 0.15) is 0 Å². The smallest absolute Gasteiger partial charge is 0.335 e. The van der Waals surface area contributed by atoms with Crippen LogP contribution in [-0.2, 0) is 4.79 Å². The van der Waals surface area contributed by atoms with Gasteiger partial charge in [-0.2, -0.15) is 0 Å². The second kappa shape index (κ2) is 6.22. The van der Waals surface area contributed by atoms with Crippen LogP contribution < -0.4 is 5.43 Å². The van der Waals surface area contributed by atoms with Crippen LogP contribution >= 0.6 is 11.6 Å². The second-order valence-electron chi connectivity index (χ2n) is 5.18. The normalized spacial score (nSPS) is 14.6. The molecule has 0 atom stereocenters. The van der Waals surface area contributed by atoms with Gasteiger partial charge in [-0.05, 0) is 36.4 Å². The first-order chi connectivity index (χ1) is 11.0. The Morgan fingerprint density at radius 2 is 1.70 bits per heavy atom. The molecule has 1 aliphatic rings. The van der Waals surface area contributed by atoms with Gasteiger partial charge in [-0.25, -0.2) is 4.79 Å². The fourth-order valence-electron chi connectivity index (χ4n) is 2.48. The van der Waals surface area contributed by atoms with Crippen LogP contribution in [0.5, 0.6) is 0 Å². The number of carbonyl (C=O) groups is 2. The topological polar surface area (TPSA) is 69.4 Å². The van der Waals surface area contributed by atoms with Gasteiger partial charge in [0, 0.05) is 35.6 Å². The van der Waals surface area contributed by atoms with Crippen molar-refractivity contribution in [1.29, 1.82) is 0 Å². The Kier molecular flexibility index (Phi) is 4.12. The van der Waals surface area contributed by atoms with E-state index in [0.29, 0.717) is 23.6 Å². The number of hydrogen-bond donors (Lipinski definition) is 2. The van der Waals surface area contributed by atoms with Gasteiger partial charge >= 0.3 is 5.97 Å². The number of nitrogens with zero attached hydrogens (tertiary/aromatic N) is 1. The third-order valence-electron chi connectivity index (χ3n) is 3.65. The van der Waals surface area contributed by atoms with Gasteiger partial charge in [0.2, 0.25) is 11.4 Å². The molecule has 0 radical (unpaired) electrons. The van der Waals surface area contributed by atoms with E-state index in [1.165, 1.54) is 12.1 Å². The number of halogens is 1. The van der Waals surface area contributed by atoms with Gasteiger partial charge in [0.15, 0.2) is 0 Å². The van der Waals surface area contributed by atoms with E-state index in [2.05, 4.69) is 5.43 Å². The van der Waals surface area contributed by atoms with E-state index in [1.54, 1.807) is 28.9 Å². The van der Waals surface area contributed by atoms with E-state index in [1.807, 2.05) is 12.1 Å². The van der Waals surface area contributed by atoms with E-state index in [-0.39, 0.29) is 11.5 Å². The summed E-state index contributed by atoms with van der Waals surface area (Å²) in [5.41, 5.74) is 5.61. The van der Waals surface area contributed by atoms with Gasteiger partial charge in [0.05, 0.1) is 5.56 Å². The van der Waals surface area contributed by atoms with E-state index < -0.39 is 5.97 Å². The van der Waals surface area contributed by atoms with Gasteiger partial charge < -0.3 is 5.11 Å². The highest BCUT2D eigenvalue weighted by atomic mass is 35.5.